The van der Waals surface area contributed by atoms with Crippen molar-refractivity contribution in [3.8, 4) is 5.75 Å². The molecule has 0 aliphatic rings. The third-order valence-electron chi connectivity index (χ3n) is 4.34. The van der Waals surface area contributed by atoms with Gasteiger partial charge >= 0.3 is 0 Å². The molecule has 0 aliphatic heterocycles. The van der Waals surface area contributed by atoms with Gasteiger partial charge in [0.2, 0.25) is 0 Å². The summed E-state index contributed by atoms with van der Waals surface area (Å²) >= 11 is 0. The van der Waals surface area contributed by atoms with Crippen LogP contribution in [-0.4, -0.2) is 18.1 Å². The fourth-order valence-corrected chi connectivity index (χ4v) is 2.93. The third kappa shape index (κ3) is 5.33. The van der Waals surface area contributed by atoms with Crippen LogP contribution >= 0.6 is 0 Å². The number of amides is 1. The van der Waals surface area contributed by atoms with Crippen LogP contribution in [0.5, 0.6) is 5.75 Å². The van der Waals surface area contributed by atoms with Crippen LogP contribution in [0.3, 0.4) is 0 Å². The van der Waals surface area contributed by atoms with E-state index in [0.717, 1.165) is 29.0 Å². The number of benzene rings is 2. The zero-order chi connectivity index (χ0) is 19.0. The van der Waals surface area contributed by atoms with E-state index in [9.17, 15) is 4.79 Å². The number of anilines is 1. The molecule has 0 spiro atoms. The van der Waals surface area contributed by atoms with Crippen LogP contribution in [0.15, 0.2) is 48.5 Å². The van der Waals surface area contributed by atoms with E-state index in [-0.39, 0.29) is 5.91 Å². The predicted octanol–water partition coefficient (Wildman–Crippen LogP) is 5.11. The largest absolute Gasteiger partial charge is 0.489 e. The summed E-state index contributed by atoms with van der Waals surface area (Å²) in [5, 5.41) is 2.97. The molecule has 0 aliphatic carbocycles. The lowest BCUT2D eigenvalue weighted by atomic mass is 9.99. The van der Waals surface area contributed by atoms with Crippen molar-refractivity contribution in [1.82, 2.24) is 0 Å². The number of nitrogens with one attached hydrogen (secondary N) is 1. The van der Waals surface area contributed by atoms with Crippen molar-refractivity contribution in [1.29, 1.82) is 0 Å². The first kappa shape index (κ1) is 20.0. The molecular weight excluding hydrogens is 326 g/mol. The van der Waals surface area contributed by atoms with Crippen LogP contribution in [0.2, 0.25) is 0 Å². The Labute approximate surface area is 156 Å². The highest BCUT2D eigenvalue weighted by Gasteiger charge is 2.32. The second kappa shape index (κ2) is 9.39. The zero-order valence-corrected chi connectivity index (χ0v) is 16.2. The van der Waals surface area contributed by atoms with Crippen molar-refractivity contribution in [3.05, 3.63) is 59.7 Å². The maximum atomic E-state index is 12.7. The van der Waals surface area contributed by atoms with E-state index in [1.54, 1.807) is 0 Å². The molecule has 0 bridgehead atoms. The molecule has 0 unspecified atom stereocenters. The Kier molecular flexibility index (Phi) is 7.22. The second-order valence-corrected chi connectivity index (χ2v) is 6.62. The summed E-state index contributed by atoms with van der Waals surface area (Å²) in [5.74, 6) is 0.700. The molecular formula is C22H29NO3. The van der Waals surface area contributed by atoms with Crippen molar-refractivity contribution in [2.75, 3.05) is 11.9 Å². The highest BCUT2D eigenvalue weighted by molar-refractivity contribution is 5.97. The summed E-state index contributed by atoms with van der Waals surface area (Å²) in [7, 11) is 0. The molecule has 4 nitrogen and oxygen atoms in total. The fraction of sp³-hybridized carbons (Fsp3) is 0.409. The molecule has 0 radical (unpaired) electrons. The second-order valence-electron chi connectivity index (χ2n) is 6.62. The molecule has 2 aromatic rings. The summed E-state index contributed by atoms with van der Waals surface area (Å²) in [5.41, 5.74) is 2.05. The van der Waals surface area contributed by atoms with E-state index in [4.69, 9.17) is 9.47 Å². The molecule has 0 fully saturated rings. The Morgan fingerprint density at radius 3 is 2.46 bits per heavy atom. The highest BCUT2D eigenvalue weighted by Crippen LogP contribution is 2.25. The Balaban J connectivity index is 2.03. The summed E-state index contributed by atoms with van der Waals surface area (Å²) in [6.07, 6.45) is 1.57. The summed E-state index contributed by atoms with van der Waals surface area (Å²) in [4.78, 5) is 12.7. The van der Waals surface area contributed by atoms with Gasteiger partial charge in [0.25, 0.3) is 5.91 Å². The molecule has 0 saturated carbocycles. The minimum atomic E-state index is -0.806. The van der Waals surface area contributed by atoms with Gasteiger partial charge in [-0.3, -0.25) is 4.79 Å². The number of carbonyl (C=O) groups excluding carboxylic acids is 1. The number of hydrogen-bond acceptors (Lipinski definition) is 3. The summed E-state index contributed by atoms with van der Waals surface area (Å²) in [6, 6.07) is 15.7. The molecule has 1 amide bonds. The summed E-state index contributed by atoms with van der Waals surface area (Å²) in [6.45, 7) is 8.81. The van der Waals surface area contributed by atoms with Gasteiger partial charge in [-0.15, -0.1) is 0 Å². The Bertz CT molecular complexity index is 707. The van der Waals surface area contributed by atoms with E-state index >= 15 is 0 Å². The average molecular weight is 355 g/mol. The van der Waals surface area contributed by atoms with Gasteiger partial charge in [0.1, 0.15) is 18.0 Å². The van der Waals surface area contributed by atoms with Gasteiger partial charge in [0.15, 0.2) is 0 Å². The standard InChI is InChI=1S/C22H29NO3/c1-5-14-22(4,26-6-2)21(24)23-19-12-13-20(17(3)15-19)25-16-18-10-8-7-9-11-18/h7-13,15H,5-6,14,16H2,1-4H3,(H,23,24)/t22-/m0/s1. The molecule has 26 heavy (non-hydrogen) atoms. The van der Waals surface area contributed by atoms with E-state index in [1.165, 1.54) is 0 Å². The minimum Gasteiger partial charge on any atom is -0.489 e. The van der Waals surface area contributed by atoms with Crippen molar-refractivity contribution in [2.45, 2.75) is 52.7 Å². The first-order chi connectivity index (χ1) is 12.5. The number of ether oxygens (including phenoxy) is 2. The third-order valence-corrected chi connectivity index (χ3v) is 4.34. The Morgan fingerprint density at radius 2 is 1.85 bits per heavy atom. The van der Waals surface area contributed by atoms with E-state index in [2.05, 4.69) is 5.32 Å². The molecule has 0 aromatic heterocycles. The van der Waals surface area contributed by atoms with Gasteiger partial charge in [0, 0.05) is 12.3 Å². The van der Waals surface area contributed by atoms with Gasteiger partial charge in [-0.25, -0.2) is 0 Å². The van der Waals surface area contributed by atoms with Gasteiger partial charge in [-0.1, -0.05) is 43.7 Å². The van der Waals surface area contributed by atoms with Gasteiger partial charge in [-0.2, -0.15) is 0 Å². The lowest BCUT2D eigenvalue weighted by Gasteiger charge is -2.28. The van der Waals surface area contributed by atoms with Crippen LogP contribution in [-0.2, 0) is 16.1 Å². The number of hydrogen-bond donors (Lipinski definition) is 1. The number of aryl methyl sites for hydroxylation is 1. The van der Waals surface area contributed by atoms with Gasteiger partial charge < -0.3 is 14.8 Å². The highest BCUT2D eigenvalue weighted by atomic mass is 16.5. The van der Waals surface area contributed by atoms with Crippen molar-refractivity contribution >= 4 is 11.6 Å². The van der Waals surface area contributed by atoms with Crippen molar-refractivity contribution in [3.63, 3.8) is 0 Å². The van der Waals surface area contributed by atoms with Crippen molar-refractivity contribution in [2.24, 2.45) is 0 Å². The fourth-order valence-electron chi connectivity index (χ4n) is 2.93. The molecule has 2 aromatic carbocycles. The molecule has 4 heteroatoms. The van der Waals surface area contributed by atoms with Crippen LogP contribution in [0.1, 0.15) is 44.7 Å². The van der Waals surface area contributed by atoms with Gasteiger partial charge in [-0.05, 0) is 56.5 Å². The molecule has 0 heterocycles. The first-order valence-corrected chi connectivity index (χ1v) is 9.21. The topological polar surface area (TPSA) is 47.6 Å². The maximum absolute atomic E-state index is 12.7. The monoisotopic (exact) mass is 355 g/mol. The average Bonchev–Trinajstić information content (AvgIpc) is 2.62. The van der Waals surface area contributed by atoms with Crippen molar-refractivity contribution < 1.29 is 14.3 Å². The Morgan fingerprint density at radius 1 is 1.12 bits per heavy atom. The zero-order valence-electron chi connectivity index (χ0n) is 16.2. The lowest BCUT2D eigenvalue weighted by Crippen LogP contribution is -2.42. The van der Waals surface area contributed by atoms with Gasteiger partial charge in [0.05, 0.1) is 0 Å². The number of rotatable bonds is 9. The van der Waals surface area contributed by atoms with Crippen LogP contribution in [0.25, 0.3) is 0 Å². The minimum absolute atomic E-state index is 0.112. The molecule has 1 N–H and O–H groups in total. The molecule has 140 valence electrons. The maximum Gasteiger partial charge on any atom is 0.256 e. The smallest absolute Gasteiger partial charge is 0.256 e. The SMILES string of the molecule is CCC[C@](C)(OCC)C(=O)Nc1ccc(OCc2ccccc2)c(C)c1. The van der Waals surface area contributed by atoms with Crippen LogP contribution < -0.4 is 10.1 Å². The van der Waals surface area contributed by atoms with E-state index in [0.29, 0.717) is 19.6 Å². The van der Waals surface area contributed by atoms with Crippen LogP contribution in [0, 0.1) is 6.92 Å². The molecule has 2 rings (SSSR count). The Hall–Kier alpha value is -2.33. The first-order valence-electron chi connectivity index (χ1n) is 9.21. The predicted molar refractivity (Wildman–Crippen MR) is 106 cm³/mol. The molecule has 0 saturated heterocycles. The number of carbonyl (C=O) groups is 1. The molecule has 1 atom stereocenters. The van der Waals surface area contributed by atoms with Crippen LogP contribution in [0.4, 0.5) is 5.69 Å². The van der Waals surface area contributed by atoms with E-state index in [1.807, 2.05) is 76.2 Å². The summed E-state index contributed by atoms with van der Waals surface area (Å²) < 4.78 is 11.6. The van der Waals surface area contributed by atoms with E-state index < -0.39 is 5.60 Å². The lowest BCUT2D eigenvalue weighted by molar-refractivity contribution is -0.139. The quantitative estimate of drug-likeness (QED) is 0.680. The normalized spacial score (nSPS) is 13.1.